The number of hydrogen-bond donors (Lipinski definition) is 1. The minimum atomic E-state index is -1.02. The molecular formula is C23H25N3O3. The smallest absolute Gasteiger partial charge is 0.325 e. The second-order valence-electron chi connectivity index (χ2n) is 7.59. The van der Waals surface area contributed by atoms with E-state index in [0.29, 0.717) is 19.5 Å². The maximum Gasteiger partial charge on any atom is 0.325 e. The van der Waals surface area contributed by atoms with Gasteiger partial charge in [-0.1, -0.05) is 54.6 Å². The Labute approximate surface area is 170 Å². The highest BCUT2D eigenvalue weighted by atomic mass is 16.2. The number of carbonyl (C=O) groups is 3. The molecule has 150 valence electrons. The molecule has 2 aromatic carbocycles. The van der Waals surface area contributed by atoms with Crippen molar-refractivity contribution >= 4 is 17.8 Å². The molecule has 1 heterocycles. The van der Waals surface area contributed by atoms with Crippen molar-refractivity contribution in [1.82, 2.24) is 15.1 Å². The number of hydrogen-bond acceptors (Lipinski definition) is 3. The lowest BCUT2D eigenvalue weighted by atomic mass is 9.92. The fourth-order valence-electron chi connectivity index (χ4n) is 4.34. The third kappa shape index (κ3) is 3.39. The number of amides is 4. The minimum absolute atomic E-state index is 0.213. The van der Waals surface area contributed by atoms with Gasteiger partial charge >= 0.3 is 6.03 Å². The van der Waals surface area contributed by atoms with Gasteiger partial charge in [-0.15, -0.1) is 0 Å². The summed E-state index contributed by atoms with van der Waals surface area (Å²) >= 11 is 0. The zero-order valence-electron chi connectivity index (χ0n) is 16.6. The highest BCUT2D eigenvalue weighted by molar-refractivity contribution is 6.09. The molecule has 0 bridgehead atoms. The largest absolute Gasteiger partial charge is 0.341 e. The van der Waals surface area contributed by atoms with Gasteiger partial charge in [0, 0.05) is 13.1 Å². The van der Waals surface area contributed by atoms with Crippen LogP contribution in [0.15, 0.2) is 54.6 Å². The van der Waals surface area contributed by atoms with Crippen LogP contribution < -0.4 is 5.32 Å². The summed E-state index contributed by atoms with van der Waals surface area (Å²) in [7, 11) is 0. The lowest BCUT2D eigenvalue weighted by molar-refractivity contribution is -0.139. The number of benzene rings is 2. The molecule has 2 aliphatic rings. The molecule has 2 aromatic rings. The molecule has 1 unspecified atom stereocenters. The van der Waals surface area contributed by atoms with Crippen LogP contribution in [0.1, 0.15) is 30.0 Å². The first-order chi connectivity index (χ1) is 14.0. The molecule has 1 fully saturated rings. The summed E-state index contributed by atoms with van der Waals surface area (Å²) in [5.41, 5.74) is 2.06. The van der Waals surface area contributed by atoms with Gasteiger partial charge in [-0.25, -0.2) is 4.79 Å². The van der Waals surface area contributed by atoms with Crippen molar-refractivity contribution in [2.75, 3.05) is 19.6 Å². The molecule has 6 heteroatoms. The highest BCUT2D eigenvalue weighted by Crippen LogP contribution is 2.41. The summed E-state index contributed by atoms with van der Waals surface area (Å²) < 4.78 is 0. The number of nitrogens with one attached hydrogen (secondary N) is 1. The number of likely N-dealkylation sites (N-methyl/N-ethyl adjacent to an activating group) is 1. The average Bonchev–Trinajstić information content (AvgIpc) is 3.22. The van der Waals surface area contributed by atoms with E-state index >= 15 is 0 Å². The van der Waals surface area contributed by atoms with Crippen LogP contribution in [0.3, 0.4) is 0 Å². The number of aryl methyl sites for hydroxylation is 1. The Balaban J connectivity index is 1.45. The van der Waals surface area contributed by atoms with E-state index in [4.69, 9.17) is 0 Å². The fourth-order valence-corrected chi connectivity index (χ4v) is 4.34. The van der Waals surface area contributed by atoms with Crippen molar-refractivity contribution in [3.05, 3.63) is 71.3 Å². The summed E-state index contributed by atoms with van der Waals surface area (Å²) in [6, 6.07) is 17.2. The first kappa shape index (κ1) is 19.2. The van der Waals surface area contributed by atoms with Gasteiger partial charge in [-0.2, -0.15) is 0 Å². The first-order valence-electron chi connectivity index (χ1n) is 10.1. The van der Waals surface area contributed by atoms with Crippen molar-refractivity contribution in [2.24, 2.45) is 0 Å². The van der Waals surface area contributed by atoms with Crippen LogP contribution >= 0.6 is 0 Å². The predicted octanol–water partition coefficient (Wildman–Crippen LogP) is 2.47. The molecule has 0 radical (unpaired) electrons. The van der Waals surface area contributed by atoms with Crippen molar-refractivity contribution in [3.8, 4) is 0 Å². The molecule has 1 N–H and O–H groups in total. The van der Waals surface area contributed by atoms with E-state index in [-0.39, 0.29) is 18.4 Å². The van der Waals surface area contributed by atoms with Crippen LogP contribution in [0, 0.1) is 0 Å². The molecule has 0 aromatic heterocycles. The summed E-state index contributed by atoms with van der Waals surface area (Å²) in [5.74, 6) is -0.532. The van der Waals surface area contributed by atoms with Gasteiger partial charge in [0.25, 0.3) is 5.91 Å². The lowest BCUT2D eigenvalue weighted by Gasteiger charge is -2.24. The molecule has 1 aliphatic heterocycles. The summed E-state index contributed by atoms with van der Waals surface area (Å²) in [5, 5.41) is 2.87. The highest BCUT2D eigenvalue weighted by Gasteiger charge is 2.55. The topological polar surface area (TPSA) is 69.7 Å². The zero-order chi connectivity index (χ0) is 20.4. The average molecular weight is 391 g/mol. The van der Waals surface area contributed by atoms with Crippen molar-refractivity contribution in [3.63, 3.8) is 0 Å². The first-order valence-corrected chi connectivity index (χ1v) is 10.1. The summed E-state index contributed by atoms with van der Waals surface area (Å²) in [6.45, 7) is 2.76. The van der Waals surface area contributed by atoms with Crippen molar-refractivity contribution in [1.29, 1.82) is 0 Å². The third-order valence-electron chi connectivity index (χ3n) is 5.96. The Morgan fingerprint density at radius 3 is 2.59 bits per heavy atom. The number of nitrogens with zero attached hydrogens (tertiary/aromatic N) is 2. The van der Waals surface area contributed by atoms with Gasteiger partial charge in [0.05, 0.1) is 0 Å². The van der Waals surface area contributed by atoms with Crippen LogP contribution in [-0.4, -0.2) is 47.3 Å². The van der Waals surface area contributed by atoms with Gasteiger partial charge in [0.1, 0.15) is 12.1 Å². The second kappa shape index (κ2) is 7.70. The number of rotatable bonds is 6. The molecule has 1 atom stereocenters. The Bertz CT molecular complexity index is 943. The molecule has 1 saturated heterocycles. The number of carbonyl (C=O) groups excluding carboxylic acids is 3. The van der Waals surface area contributed by atoms with Gasteiger partial charge in [0.2, 0.25) is 5.91 Å². The maximum absolute atomic E-state index is 13.2. The van der Waals surface area contributed by atoms with E-state index in [9.17, 15) is 14.4 Å². The van der Waals surface area contributed by atoms with E-state index in [1.54, 1.807) is 4.90 Å². The van der Waals surface area contributed by atoms with Crippen molar-refractivity contribution < 1.29 is 14.4 Å². The molecule has 4 rings (SSSR count). The number of imide groups is 1. The van der Waals surface area contributed by atoms with Crippen LogP contribution in [0.4, 0.5) is 4.79 Å². The molecule has 1 spiro atoms. The summed E-state index contributed by atoms with van der Waals surface area (Å²) in [6.07, 6.45) is 2.01. The Hall–Kier alpha value is -3.15. The van der Waals surface area contributed by atoms with E-state index < -0.39 is 11.6 Å². The van der Waals surface area contributed by atoms with E-state index in [2.05, 4.69) is 5.32 Å². The van der Waals surface area contributed by atoms with Gasteiger partial charge in [-0.3, -0.25) is 14.5 Å². The SMILES string of the molecule is CCN(CCc1ccccc1)C(=O)CN1C(=O)NC2(CCc3ccccc32)C1=O. The Kier molecular flexibility index (Phi) is 5.09. The van der Waals surface area contributed by atoms with Crippen LogP contribution in [0.25, 0.3) is 0 Å². The fraction of sp³-hybridized carbons (Fsp3) is 0.348. The van der Waals surface area contributed by atoms with E-state index in [1.807, 2.05) is 61.5 Å². The summed E-state index contributed by atoms with van der Waals surface area (Å²) in [4.78, 5) is 41.4. The monoisotopic (exact) mass is 391 g/mol. The zero-order valence-corrected chi connectivity index (χ0v) is 16.6. The Morgan fingerprint density at radius 1 is 1.10 bits per heavy atom. The number of urea groups is 1. The van der Waals surface area contributed by atoms with Crippen molar-refractivity contribution in [2.45, 2.75) is 31.7 Å². The molecule has 4 amide bonds. The minimum Gasteiger partial charge on any atom is -0.341 e. The second-order valence-corrected chi connectivity index (χ2v) is 7.59. The predicted molar refractivity (Wildman–Crippen MR) is 109 cm³/mol. The Morgan fingerprint density at radius 2 is 1.83 bits per heavy atom. The quantitative estimate of drug-likeness (QED) is 0.769. The van der Waals surface area contributed by atoms with Gasteiger partial charge in [0.15, 0.2) is 0 Å². The normalized spacial score (nSPS) is 20.1. The van der Waals surface area contributed by atoms with Gasteiger partial charge in [-0.05, 0) is 42.9 Å². The van der Waals surface area contributed by atoms with E-state index in [0.717, 1.165) is 34.4 Å². The molecule has 29 heavy (non-hydrogen) atoms. The number of fused-ring (bicyclic) bond motifs is 2. The van der Waals surface area contributed by atoms with E-state index in [1.165, 1.54) is 0 Å². The van der Waals surface area contributed by atoms with Crippen LogP contribution in [0.5, 0.6) is 0 Å². The third-order valence-corrected chi connectivity index (χ3v) is 5.96. The molecule has 1 aliphatic carbocycles. The molecule has 6 nitrogen and oxygen atoms in total. The molecular weight excluding hydrogens is 366 g/mol. The van der Waals surface area contributed by atoms with Gasteiger partial charge < -0.3 is 10.2 Å². The van der Waals surface area contributed by atoms with Crippen LogP contribution in [0.2, 0.25) is 0 Å². The standard InChI is InChI=1S/C23H25N3O3/c1-2-25(15-13-17-8-4-3-5-9-17)20(27)16-26-21(28)23(24-22(26)29)14-12-18-10-6-7-11-19(18)23/h3-11H,2,12-16H2,1H3,(H,24,29). The van der Waals surface area contributed by atoms with Crippen LogP contribution in [-0.2, 0) is 28.0 Å². The maximum atomic E-state index is 13.2. The lowest BCUT2D eigenvalue weighted by Crippen LogP contribution is -2.45. The molecule has 0 saturated carbocycles.